The Morgan fingerprint density at radius 2 is 2.00 bits per heavy atom. The Morgan fingerprint density at radius 3 is 2.50 bits per heavy atom. The third-order valence-corrected chi connectivity index (χ3v) is 2.60. The smallest absolute Gasteiger partial charge is 0.163 e. The van der Waals surface area contributed by atoms with E-state index in [9.17, 15) is 0 Å². The maximum absolute atomic E-state index is 8.70. The molecule has 0 saturated heterocycles. The lowest BCUT2D eigenvalue weighted by atomic mass is 10.1. The number of hydrogen-bond donors (Lipinski definition) is 0. The largest absolute Gasteiger partial charge is 0.313 e. The van der Waals surface area contributed by atoms with Gasteiger partial charge in [-0.3, -0.25) is 0 Å². The van der Waals surface area contributed by atoms with Crippen molar-refractivity contribution in [3.05, 3.63) is 35.7 Å². The lowest BCUT2D eigenvalue weighted by molar-refractivity contribution is 0.853. The molecule has 0 radical (unpaired) electrons. The van der Waals surface area contributed by atoms with Crippen LogP contribution in [0.2, 0.25) is 0 Å². The first kappa shape index (κ1) is 10.7. The van der Waals surface area contributed by atoms with Crippen LogP contribution < -0.4 is 0 Å². The van der Waals surface area contributed by atoms with Gasteiger partial charge in [-0.25, -0.2) is 0 Å². The first-order chi connectivity index (χ1) is 7.76. The Morgan fingerprint density at radius 1 is 1.31 bits per heavy atom. The Labute approximate surface area is 98.1 Å². The monoisotopic (exact) mass is 232 g/mol. The molecular formula is C11H9ClN4. The summed E-state index contributed by atoms with van der Waals surface area (Å²) in [7, 11) is 1.87. The van der Waals surface area contributed by atoms with E-state index in [-0.39, 0.29) is 0 Å². The number of hydrogen-bond acceptors (Lipinski definition) is 3. The molecule has 0 amide bonds. The predicted octanol–water partition coefficient (Wildman–Crippen LogP) is 2.09. The molecule has 0 aliphatic carbocycles. The molecule has 0 aliphatic rings. The zero-order chi connectivity index (χ0) is 11.5. The van der Waals surface area contributed by atoms with E-state index in [2.05, 4.69) is 16.3 Å². The second-order valence-corrected chi connectivity index (χ2v) is 3.59. The van der Waals surface area contributed by atoms with Gasteiger partial charge in [0.25, 0.3) is 0 Å². The van der Waals surface area contributed by atoms with Crippen LogP contribution in [0.1, 0.15) is 11.4 Å². The van der Waals surface area contributed by atoms with Gasteiger partial charge in [-0.2, -0.15) is 5.26 Å². The molecule has 0 spiro atoms. The summed E-state index contributed by atoms with van der Waals surface area (Å²) in [6.45, 7) is 0. The minimum absolute atomic E-state index is 0.333. The molecule has 2 rings (SSSR count). The second-order valence-electron chi connectivity index (χ2n) is 3.32. The van der Waals surface area contributed by atoms with Crippen LogP contribution in [0.15, 0.2) is 24.3 Å². The van der Waals surface area contributed by atoms with Crippen molar-refractivity contribution < 1.29 is 0 Å². The van der Waals surface area contributed by atoms with Crippen molar-refractivity contribution in [2.45, 2.75) is 5.88 Å². The van der Waals surface area contributed by atoms with Crippen molar-refractivity contribution in [2.75, 3.05) is 0 Å². The molecule has 2 aromatic rings. The fraction of sp³-hybridized carbons (Fsp3) is 0.182. The Balaban J connectivity index is 2.43. The maximum atomic E-state index is 8.70. The molecule has 0 N–H and O–H groups in total. The molecule has 0 saturated carbocycles. The standard InChI is InChI=1S/C11H9ClN4/c1-16-10(6-12)14-15-11(16)9-4-2-8(7-13)3-5-9/h2-5H,6H2,1H3. The summed E-state index contributed by atoms with van der Waals surface area (Å²) >= 11 is 5.71. The molecule has 0 fully saturated rings. The van der Waals surface area contributed by atoms with E-state index in [1.165, 1.54) is 0 Å². The summed E-state index contributed by atoms with van der Waals surface area (Å²) in [5.41, 5.74) is 1.55. The SMILES string of the molecule is Cn1c(CCl)nnc1-c1ccc(C#N)cc1. The van der Waals surface area contributed by atoms with Crippen molar-refractivity contribution in [3.8, 4) is 17.5 Å². The third kappa shape index (κ3) is 1.77. The van der Waals surface area contributed by atoms with Gasteiger partial charge in [-0.15, -0.1) is 21.8 Å². The quantitative estimate of drug-likeness (QED) is 0.745. The highest BCUT2D eigenvalue weighted by molar-refractivity contribution is 6.16. The second kappa shape index (κ2) is 4.33. The van der Waals surface area contributed by atoms with Gasteiger partial charge in [-0.05, 0) is 24.3 Å². The van der Waals surface area contributed by atoms with Crippen LogP contribution >= 0.6 is 11.6 Å². The maximum Gasteiger partial charge on any atom is 0.163 e. The summed E-state index contributed by atoms with van der Waals surface area (Å²) in [4.78, 5) is 0. The van der Waals surface area contributed by atoms with E-state index < -0.39 is 0 Å². The van der Waals surface area contributed by atoms with Gasteiger partial charge in [0.05, 0.1) is 17.5 Å². The Bertz CT molecular complexity index is 536. The van der Waals surface area contributed by atoms with Crippen molar-refractivity contribution >= 4 is 11.6 Å². The van der Waals surface area contributed by atoms with Gasteiger partial charge in [0.15, 0.2) is 5.82 Å². The average molecular weight is 233 g/mol. The first-order valence-corrected chi connectivity index (χ1v) is 5.24. The van der Waals surface area contributed by atoms with Gasteiger partial charge in [-0.1, -0.05) is 0 Å². The van der Waals surface area contributed by atoms with Gasteiger partial charge >= 0.3 is 0 Å². The Kier molecular flexibility index (Phi) is 2.88. The number of aromatic nitrogens is 3. The van der Waals surface area contributed by atoms with Gasteiger partial charge in [0.1, 0.15) is 5.82 Å². The van der Waals surface area contributed by atoms with Crippen LogP contribution in [0.25, 0.3) is 11.4 Å². The molecule has 16 heavy (non-hydrogen) atoms. The van der Waals surface area contributed by atoms with Crippen molar-refractivity contribution in [1.29, 1.82) is 5.26 Å². The summed E-state index contributed by atoms with van der Waals surface area (Å²) < 4.78 is 1.84. The summed E-state index contributed by atoms with van der Waals surface area (Å²) in [5, 5.41) is 16.7. The molecule has 0 unspecified atom stereocenters. The summed E-state index contributed by atoms with van der Waals surface area (Å²) in [6, 6.07) is 9.28. The van der Waals surface area contributed by atoms with Crippen LogP contribution in [0.4, 0.5) is 0 Å². The van der Waals surface area contributed by atoms with E-state index in [1.807, 2.05) is 23.7 Å². The molecule has 0 aliphatic heterocycles. The molecule has 1 aromatic heterocycles. The van der Waals surface area contributed by atoms with Gasteiger partial charge in [0, 0.05) is 12.6 Å². The normalized spacial score (nSPS) is 10.1. The topological polar surface area (TPSA) is 54.5 Å². The molecule has 1 heterocycles. The summed E-state index contributed by atoms with van der Waals surface area (Å²) in [6.07, 6.45) is 0. The van der Waals surface area contributed by atoms with E-state index in [0.717, 1.165) is 17.2 Å². The molecule has 4 nitrogen and oxygen atoms in total. The van der Waals surface area contributed by atoms with Gasteiger partial charge < -0.3 is 4.57 Å². The third-order valence-electron chi connectivity index (χ3n) is 2.36. The number of alkyl halides is 1. The molecular weight excluding hydrogens is 224 g/mol. The Hall–Kier alpha value is -1.86. The van der Waals surface area contributed by atoms with E-state index in [1.54, 1.807) is 12.1 Å². The zero-order valence-corrected chi connectivity index (χ0v) is 9.44. The number of nitrogens with zero attached hydrogens (tertiary/aromatic N) is 4. The number of rotatable bonds is 2. The summed E-state index contributed by atoms with van der Waals surface area (Å²) in [5.74, 6) is 1.81. The van der Waals surface area contributed by atoms with Crippen molar-refractivity contribution in [3.63, 3.8) is 0 Å². The molecule has 80 valence electrons. The highest BCUT2D eigenvalue weighted by atomic mass is 35.5. The fourth-order valence-electron chi connectivity index (χ4n) is 1.42. The first-order valence-electron chi connectivity index (χ1n) is 4.71. The van der Waals surface area contributed by atoms with Crippen LogP contribution in [0.5, 0.6) is 0 Å². The highest BCUT2D eigenvalue weighted by Gasteiger charge is 2.09. The van der Waals surface area contributed by atoms with Crippen molar-refractivity contribution in [2.24, 2.45) is 7.05 Å². The minimum Gasteiger partial charge on any atom is -0.313 e. The van der Waals surface area contributed by atoms with Crippen molar-refractivity contribution in [1.82, 2.24) is 14.8 Å². The van der Waals surface area contributed by atoms with Crippen LogP contribution in [0.3, 0.4) is 0 Å². The highest BCUT2D eigenvalue weighted by Crippen LogP contribution is 2.18. The molecule has 0 atom stereocenters. The van der Waals surface area contributed by atoms with E-state index >= 15 is 0 Å². The number of benzene rings is 1. The minimum atomic E-state index is 0.333. The van der Waals surface area contributed by atoms with Crippen LogP contribution in [-0.4, -0.2) is 14.8 Å². The van der Waals surface area contributed by atoms with Gasteiger partial charge in [0.2, 0.25) is 0 Å². The molecule has 5 heteroatoms. The number of nitriles is 1. The van der Waals surface area contributed by atoms with E-state index in [4.69, 9.17) is 16.9 Å². The van der Waals surface area contributed by atoms with Crippen LogP contribution in [0, 0.1) is 11.3 Å². The zero-order valence-electron chi connectivity index (χ0n) is 8.68. The number of halogens is 1. The predicted molar refractivity (Wildman–Crippen MR) is 60.7 cm³/mol. The lowest BCUT2D eigenvalue weighted by Gasteiger charge is -2.01. The molecule has 0 bridgehead atoms. The van der Waals surface area contributed by atoms with Crippen LogP contribution in [-0.2, 0) is 12.9 Å². The average Bonchev–Trinajstić information content (AvgIpc) is 2.70. The van der Waals surface area contributed by atoms with E-state index in [0.29, 0.717) is 11.4 Å². The fourth-order valence-corrected chi connectivity index (χ4v) is 1.66. The lowest BCUT2D eigenvalue weighted by Crippen LogP contribution is -1.97. The molecule has 1 aromatic carbocycles.